The first-order valence-electron chi connectivity index (χ1n) is 5.33. The Morgan fingerprint density at radius 3 is 2.67 bits per heavy atom. The van der Waals surface area contributed by atoms with Gasteiger partial charge in [0.1, 0.15) is 0 Å². The lowest BCUT2D eigenvalue weighted by molar-refractivity contribution is -0.415. The monoisotopic (exact) mass is 240 g/mol. The minimum absolute atomic E-state index is 0.00806. The molecule has 0 saturated carbocycles. The summed E-state index contributed by atoms with van der Waals surface area (Å²) >= 11 is 0. The van der Waals surface area contributed by atoms with E-state index >= 15 is 0 Å². The number of nitro groups is 1. The van der Waals surface area contributed by atoms with Crippen molar-refractivity contribution in [3.05, 3.63) is 68.9 Å². The van der Waals surface area contributed by atoms with Gasteiger partial charge in [-0.15, -0.1) is 0 Å². The van der Waals surface area contributed by atoms with Gasteiger partial charge in [0.15, 0.2) is 5.71 Å². The van der Waals surface area contributed by atoms with Crippen molar-refractivity contribution in [2.45, 2.75) is 0 Å². The molecule has 1 aromatic carbocycles. The molecule has 88 valence electrons. The molecule has 0 radical (unpaired) electrons. The number of fused-ring (bicyclic) bond motifs is 3. The second-order valence-corrected chi connectivity index (χ2v) is 3.98. The number of rotatable bonds is 1. The third kappa shape index (κ3) is 1.31. The van der Waals surface area contributed by atoms with E-state index in [9.17, 15) is 10.1 Å². The smallest absolute Gasteiger partial charge is 0.298 e. The number of benzene rings is 1. The molecule has 0 atom stereocenters. The second-order valence-electron chi connectivity index (χ2n) is 3.98. The van der Waals surface area contributed by atoms with Crippen LogP contribution in [0.4, 0.5) is 0 Å². The zero-order chi connectivity index (χ0) is 12.7. The molecule has 3 rings (SSSR count). The molecular formula is C13H8N2O3. The van der Waals surface area contributed by atoms with E-state index in [1.807, 2.05) is 24.3 Å². The van der Waals surface area contributed by atoms with Crippen molar-refractivity contribution in [3.8, 4) is 0 Å². The molecule has 1 N–H and O–H groups in total. The Morgan fingerprint density at radius 2 is 1.94 bits per heavy atom. The van der Waals surface area contributed by atoms with Crippen LogP contribution in [0, 0.1) is 10.1 Å². The maximum absolute atomic E-state index is 10.9. The van der Waals surface area contributed by atoms with Crippen molar-refractivity contribution in [2.24, 2.45) is 5.16 Å². The number of nitrogens with zero attached hydrogens (tertiary/aromatic N) is 2. The Labute approximate surface area is 102 Å². The molecule has 2 aliphatic carbocycles. The average Bonchev–Trinajstić information content (AvgIpc) is 2.75. The number of oxime groups is 1. The van der Waals surface area contributed by atoms with Crippen molar-refractivity contribution >= 4 is 17.4 Å². The Balaban J connectivity index is 2.22. The fraction of sp³-hybridized carbons (Fsp3) is 0. The molecule has 5 heteroatoms. The van der Waals surface area contributed by atoms with Crippen molar-refractivity contribution in [2.75, 3.05) is 0 Å². The SMILES string of the molecule is O=[N+]([O-])C1=CC=C2C(=Cc3ccccc32)C1=NO. The first kappa shape index (κ1) is 10.5. The summed E-state index contributed by atoms with van der Waals surface area (Å²) in [6, 6.07) is 7.65. The maximum atomic E-state index is 10.9. The van der Waals surface area contributed by atoms with Gasteiger partial charge in [-0.25, -0.2) is 0 Å². The highest BCUT2D eigenvalue weighted by Crippen LogP contribution is 2.39. The van der Waals surface area contributed by atoms with Gasteiger partial charge in [-0.3, -0.25) is 10.1 Å². The summed E-state index contributed by atoms with van der Waals surface area (Å²) < 4.78 is 0. The van der Waals surface area contributed by atoms with E-state index in [2.05, 4.69) is 5.16 Å². The summed E-state index contributed by atoms with van der Waals surface area (Å²) in [6.07, 6.45) is 4.85. The van der Waals surface area contributed by atoms with Crippen LogP contribution in [0.15, 0.2) is 52.8 Å². The summed E-state index contributed by atoms with van der Waals surface area (Å²) in [6.45, 7) is 0. The molecule has 0 saturated heterocycles. The van der Waals surface area contributed by atoms with Crippen LogP contribution < -0.4 is 0 Å². The molecule has 5 nitrogen and oxygen atoms in total. The van der Waals surface area contributed by atoms with Crippen molar-refractivity contribution in [1.29, 1.82) is 0 Å². The van der Waals surface area contributed by atoms with Crippen LogP contribution in [-0.4, -0.2) is 15.8 Å². The molecule has 0 unspecified atom stereocenters. The Kier molecular flexibility index (Phi) is 2.13. The normalized spacial score (nSPS) is 18.7. The lowest BCUT2D eigenvalue weighted by Gasteiger charge is -2.10. The van der Waals surface area contributed by atoms with Gasteiger partial charge in [0.2, 0.25) is 0 Å². The summed E-state index contributed by atoms with van der Waals surface area (Å²) in [5.41, 5.74) is 3.22. The number of hydrogen-bond acceptors (Lipinski definition) is 4. The van der Waals surface area contributed by atoms with Gasteiger partial charge >= 0.3 is 0 Å². The van der Waals surface area contributed by atoms with Crippen LogP contribution >= 0.6 is 0 Å². The molecule has 18 heavy (non-hydrogen) atoms. The molecule has 0 aliphatic heterocycles. The molecular weight excluding hydrogens is 232 g/mol. The van der Waals surface area contributed by atoms with Gasteiger partial charge in [0.05, 0.1) is 4.92 Å². The van der Waals surface area contributed by atoms with E-state index in [1.165, 1.54) is 6.08 Å². The third-order valence-electron chi connectivity index (χ3n) is 3.04. The number of hydrogen-bond donors (Lipinski definition) is 1. The van der Waals surface area contributed by atoms with Crippen molar-refractivity contribution < 1.29 is 10.1 Å². The molecule has 0 aromatic heterocycles. The van der Waals surface area contributed by atoms with E-state index in [4.69, 9.17) is 5.21 Å². The molecule has 0 fully saturated rings. The molecule has 0 heterocycles. The summed E-state index contributed by atoms with van der Waals surface area (Å²) in [7, 11) is 0. The average molecular weight is 240 g/mol. The fourth-order valence-electron chi connectivity index (χ4n) is 2.25. The maximum Gasteiger partial charge on any atom is 0.298 e. The predicted octanol–water partition coefficient (Wildman–Crippen LogP) is 2.47. The molecule has 1 aromatic rings. The Hall–Kier alpha value is -2.69. The first-order valence-corrected chi connectivity index (χ1v) is 5.33. The van der Waals surface area contributed by atoms with Crippen LogP contribution in [0.3, 0.4) is 0 Å². The standard InChI is InChI=1S/C13H8N2O3/c16-14-13-11-7-8-3-1-2-4-9(8)10(11)5-6-12(13)15(17)18/h1-7,16H. The predicted molar refractivity (Wildman–Crippen MR) is 66.7 cm³/mol. The quantitative estimate of drug-likeness (QED) is 0.465. The lowest BCUT2D eigenvalue weighted by atomic mass is 9.94. The van der Waals surface area contributed by atoms with Gasteiger partial charge < -0.3 is 5.21 Å². The largest absolute Gasteiger partial charge is 0.410 e. The fourth-order valence-corrected chi connectivity index (χ4v) is 2.25. The van der Waals surface area contributed by atoms with Gasteiger partial charge in [-0.1, -0.05) is 29.4 Å². The van der Waals surface area contributed by atoms with Crippen LogP contribution in [0.1, 0.15) is 11.1 Å². The van der Waals surface area contributed by atoms with Gasteiger partial charge in [-0.2, -0.15) is 0 Å². The minimum Gasteiger partial charge on any atom is -0.410 e. The van der Waals surface area contributed by atoms with Gasteiger partial charge in [-0.05, 0) is 28.9 Å². The molecule has 2 aliphatic rings. The molecule has 0 spiro atoms. The Bertz CT molecular complexity index is 681. The summed E-state index contributed by atoms with van der Waals surface area (Å²) in [5.74, 6) is 0. The zero-order valence-corrected chi connectivity index (χ0v) is 9.20. The highest BCUT2D eigenvalue weighted by Gasteiger charge is 2.32. The van der Waals surface area contributed by atoms with Gasteiger partial charge in [0, 0.05) is 11.6 Å². The van der Waals surface area contributed by atoms with E-state index in [-0.39, 0.29) is 11.4 Å². The topological polar surface area (TPSA) is 75.7 Å². The molecule has 0 amide bonds. The van der Waals surface area contributed by atoms with E-state index < -0.39 is 4.92 Å². The first-order chi connectivity index (χ1) is 8.72. The van der Waals surface area contributed by atoms with Crippen LogP contribution in [0.2, 0.25) is 0 Å². The molecule has 0 bridgehead atoms. The highest BCUT2D eigenvalue weighted by molar-refractivity contribution is 6.27. The van der Waals surface area contributed by atoms with E-state index in [0.29, 0.717) is 5.57 Å². The van der Waals surface area contributed by atoms with E-state index in [0.717, 1.165) is 16.7 Å². The lowest BCUT2D eigenvalue weighted by Crippen LogP contribution is -2.16. The van der Waals surface area contributed by atoms with E-state index in [1.54, 1.807) is 12.2 Å². The summed E-state index contributed by atoms with van der Waals surface area (Å²) in [5, 5.41) is 23.0. The third-order valence-corrected chi connectivity index (χ3v) is 3.04. The van der Waals surface area contributed by atoms with Gasteiger partial charge in [0.25, 0.3) is 5.70 Å². The zero-order valence-electron chi connectivity index (χ0n) is 9.20. The Morgan fingerprint density at radius 1 is 1.17 bits per heavy atom. The summed E-state index contributed by atoms with van der Waals surface area (Å²) in [4.78, 5) is 10.3. The highest BCUT2D eigenvalue weighted by atomic mass is 16.6. The van der Waals surface area contributed by atoms with Crippen molar-refractivity contribution in [1.82, 2.24) is 0 Å². The number of allylic oxidation sites excluding steroid dienone is 4. The van der Waals surface area contributed by atoms with Crippen LogP contribution in [0.5, 0.6) is 0 Å². The second kappa shape index (κ2) is 3.66. The van der Waals surface area contributed by atoms with Crippen molar-refractivity contribution in [3.63, 3.8) is 0 Å². The van der Waals surface area contributed by atoms with Crippen LogP contribution in [-0.2, 0) is 0 Å². The van der Waals surface area contributed by atoms with Crippen LogP contribution in [0.25, 0.3) is 11.6 Å². The minimum atomic E-state index is -0.549.